The molecule has 2 aromatic carbocycles. The van der Waals surface area contributed by atoms with Crippen LogP contribution in [0.5, 0.6) is 0 Å². The molecular weight excluding hydrogens is 502 g/mol. The van der Waals surface area contributed by atoms with E-state index in [9.17, 15) is 24.5 Å². The van der Waals surface area contributed by atoms with Crippen LogP contribution < -0.4 is 11.1 Å². The van der Waals surface area contributed by atoms with Crippen molar-refractivity contribution >= 4 is 74.5 Å². The normalized spacial score (nSPS) is 14.9. The molecule has 13 heteroatoms. The van der Waals surface area contributed by atoms with Crippen LogP contribution >= 0.6 is 35.6 Å². The minimum Gasteiger partial charge on any atom is -0.295 e. The molecule has 0 spiro atoms. The standard InChI is InChI=1S/C21H16ClN5O5S2/c1-10-4-5-12(13(22)6-10)18(28)23-26-19(29)17(34-21(26)33)8-11-7-15-16(9-14(11)27(31)32)25(3)20(30)24(15)2/h4-9H,1-3H3,(H,23,28)/b17-8-. The average molecular weight is 518 g/mol. The monoisotopic (exact) mass is 517 g/mol. The van der Waals surface area contributed by atoms with Crippen LogP contribution in [-0.4, -0.2) is 35.2 Å². The number of thioether (sulfide) groups is 1. The van der Waals surface area contributed by atoms with Gasteiger partial charge < -0.3 is 0 Å². The zero-order valence-corrected chi connectivity index (χ0v) is 20.4. The summed E-state index contributed by atoms with van der Waals surface area (Å²) in [6.07, 6.45) is 1.32. The Morgan fingerprint density at radius 1 is 1.18 bits per heavy atom. The maximum Gasteiger partial charge on any atom is 0.328 e. The molecule has 0 saturated carbocycles. The van der Waals surface area contributed by atoms with Crippen molar-refractivity contribution in [1.29, 1.82) is 0 Å². The molecule has 0 unspecified atom stereocenters. The van der Waals surface area contributed by atoms with E-state index in [0.29, 0.717) is 11.0 Å². The van der Waals surface area contributed by atoms with Crippen molar-refractivity contribution in [2.75, 3.05) is 0 Å². The van der Waals surface area contributed by atoms with Crippen molar-refractivity contribution in [3.63, 3.8) is 0 Å². The summed E-state index contributed by atoms with van der Waals surface area (Å²) in [7, 11) is 3.06. The summed E-state index contributed by atoms with van der Waals surface area (Å²) in [6, 6.07) is 7.60. The zero-order chi connectivity index (χ0) is 24.9. The number of fused-ring (bicyclic) bond motifs is 1. The minimum atomic E-state index is -0.650. The summed E-state index contributed by atoms with van der Waals surface area (Å²) >= 11 is 12.3. The molecule has 10 nitrogen and oxygen atoms in total. The number of halogens is 1. The van der Waals surface area contributed by atoms with E-state index in [-0.39, 0.29) is 36.8 Å². The molecule has 1 fully saturated rings. The second-order valence-electron chi connectivity index (χ2n) is 7.50. The Labute approximate surface area is 206 Å². The first-order valence-corrected chi connectivity index (χ1v) is 11.3. The number of thiocarbonyl (C=S) groups is 1. The van der Waals surface area contributed by atoms with Crippen LogP contribution in [0.1, 0.15) is 21.5 Å². The molecule has 0 aliphatic carbocycles. The Kier molecular flexibility index (Phi) is 6.06. The molecule has 2 heterocycles. The Hall–Kier alpha value is -3.48. The molecule has 0 bridgehead atoms. The number of hydrogen-bond acceptors (Lipinski definition) is 7. The lowest BCUT2D eigenvalue weighted by molar-refractivity contribution is -0.385. The summed E-state index contributed by atoms with van der Waals surface area (Å²) in [5.74, 6) is -1.28. The fourth-order valence-electron chi connectivity index (χ4n) is 3.50. The lowest BCUT2D eigenvalue weighted by Crippen LogP contribution is -2.44. The molecule has 1 aliphatic heterocycles. The zero-order valence-electron chi connectivity index (χ0n) is 18.0. The van der Waals surface area contributed by atoms with E-state index in [0.717, 1.165) is 22.3 Å². The Morgan fingerprint density at radius 3 is 2.44 bits per heavy atom. The van der Waals surface area contributed by atoms with Crippen molar-refractivity contribution in [2.45, 2.75) is 6.92 Å². The first-order valence-electron chi connectivity index (χ1n) is 9.68. The van der Waals surface area contributed by atoms with Gasteiger partial charge >= 0.3 is 5.69 Å². The number of aryl methyl sites for hydroxylation is 3. The smallest absolute Gasteiger partial charge is 0.295 e. The van der Waals surface area contributed by atoms with Crippen LogP contribution in [0.3, 0.4) is 0 Å². The highest BCUT2D eigenvalue weighted by atomic mass is 35.5. The molecule has 34 heavy (non-hydrogen) atoms. The van der Waals surface area contributed by atoms with Gasteiger partial charge in [0.2, 0.25) is 0 Å². The maximum absolute atomic E-state index is 13.0. The highest BCUT2D eigenvalue weighted by molar-refractivity contribution is 8.26. The highest BCUT2D eigenvalue weighted by Gasteiger charge is 2.35. The van der Waals surface area contributed by atoms with Gasteiger partial charge in [-0.25, -0.2) is 4.79 Å². The summed E-state index contributed by atoms with van der Waals surface area (Å²) in [4.78, 5) is 49.0. The number of imidazole rings is 1. The van der Waals surface area contributed by atoms with E-state index in [2.05, 4.69) is 5.43 Å². The molecule has 0 radical (unpaired) electrons. The molecule has 1 N–H and O–H groups in total. The van der Waals surface area contributed by atoms with Gasteiger partial charge in [0.25, 0.3) is 17.5 Å². The number of benzene rings is 2. The number of rotatable bonds is 4. The number of carbonyl (C=O) groups is 2. The number of nitrogens with one attached hydrogen (secondary N) is 1. The number of nitrogens with zero attached hydrogens (tertiary/aromatic N) is 4. The second-order valence-corrected chi connectivity index (χ2v) is 9.58. The number of aromatic nitrogens is 2. The summed E-state index contributed by atoms with van der Waals surface area (Å²) in [6.45, 7) is 1.82. The van der Waals surface area contributed by atoms with Gasteiger partial charge in [0.05, 0.1) is 37.0 Å². The highest BCUT2D eigenvalue weighted by Crippen LogP contribution is 2.35. The maximum atomic E-state index is 13.0. The summed E-state index contributed by atoms with van der Waals surface area (Å²) < 4.78 is 2.70. The van der Waals surface area contributed by atoms with Gasteiger partial charge in [-0.05, 0) is 49.0 Å². The lowest BCUT2D eigenvalue weighted by Gasteiger charge is -2.16. The molecule has 174 valence electrons. The number of nitro groups is 1. The van der Waals surface area contributed by atoms with E-state index < -0.39 is 16.7 Å². The van der Waals surface area contributed by atoms with Crippen LogP contribution in [-0.2, 0) is 18.9 Å². The minimum absolute atomic E-state index is 0.0451. The van der Waals surface area contributed by atoms with Crippen molar-refractivity contribution in [3.05, 3.63) is 77.5 Å². The van der Waals surface area contributed by atoms with Gasteiger partial charge in [0.1, 0.15) is 0 Å². The van der Waals surface area contributed by atoms with Gasteiger partial charge in [-0.1, -0.05) is 29.4 Å². The largest absolute Gasteiger partial charge is 0.328 e. The number of amides is 2. The van der Waals surface area contributed by atoms with Crippen LogP contribution in [0.25, 0.3) is 17.1 Å². The van der Waals surface area contributed by atoms with Gasteiger partial charge in [-0.2, -0.15) is 5.01 Å². The predicted molar refractivity (Wildman–Crippen MR) is 133 cm³/mol. The third-order valence-electron chi connectivity index (χ3n) is 5.28. The summed E-state index contributed by atoms with van der Waals surface area (Å²) in [5.41, 5.74) is 3.79. The lowest BCUT2D eigenvalue weighted by atomic mass is 10.1. The Bertz CT molecular complexity index is 1520. The van der Waals surface area contributed by atoms with Gasteiger partial charge in [-0.3, -0.25) is 34.3 Å². The Morgan fingerprint density at radius 2 is 1.82 bits per heavy atom. The van der Waals surface area contributed by atoms with Gasteiger partial charge in [0, 0.05) is 20.2 Å². The van der Waals surface area contributed by atoms with Crippen molar-refractivity contribution in [2.24, 2.45) is 14.1 Å². The van der Waals surface area contributed by atoms with Crippen molar-refractivity contribution in [3.8, 4) is 0 Å². The van der Waals surface area contributed by atoms with Crippen LogP contribution in [0, 0.1) is 17.0 Å². The number of hydrogen-bond donors (Lipinski definition) is 1. The molecular formula is C21H16ClN5O5S2. The average Bonchev–Trinajstić information content (AvgIpc) is 3.15. The van der Waals surface area contributed by atoms with E-state index in [1.54, 1.807) is 19.2 Å². The van der Waals surface area contributed by atoms with Crippen LogP contribution in [0.2, 0.25) is 5.02 Å². The predicted octanol–water partition coefficient (Wildman–Crippen LogP) is 3.29. The molecule has 4 rings (SSSR count). The van der Waals surface area contributed by atoms with E-state index in [1.165, 1.54) is 40.5 Å². The Balaban J connectivity index is 1.70. The molecule has 1 saturated heterocycles. The third-order valence-corrected chi connectivity index (χ3v) is 6.89. The number of nitro benzene ring substituents is 1. The van der Waals surface area contributed by atoms with Crippen LogP contribution in [0.4, 0.5) is 5.69 Å². The fraction of sp³-hybridized carbons (Fsp3) is 0.143. The van der Waals surface area contributed by atoms with Crippen LogP contribution in [0.15, 0.2) is 40.0 Å². The number of carbonyl (C=O) groups excluding carboxylic acids is 2. The SMILES string of the molecule is Cc1ccc(C(=O)NN2C(=O)/C(=C/c3cc4c(cc3[N+](=O)[O-])n(C)c(=O)n4C)SC2=S)c(Cl)c1. The molecule has 0 atom stereocenters. The van der Waals surface area contributed by atoms with Crippen molar-refractivity contribution < 1.29 is 14.5 Å². The molecule has 1 aliphatic rings. The van der Waals surface area contributed by atoms with Gasteiger partial charge in [-0.15, -0.1) is 0 Å². The first-order chi connectivity index (χ1) is 16.0. The number of hydrazine groups is 1. The topological polar surface area (TPSA) is 119 Å². The quantitative estimate of drug-likeness (QED) is 0.244. The molecule has 2 amide bonds. The first kappa shape index (κ1) is 23.7. The fourth-order valence-corrected chi connectivity index (χ4v) is 4.99. The molecule has 1 aromatic heterocycles. The van der Waals surface area contributed by atoms with E-state index in [4.69, 9.17) is 23.8 Å². The van der Waals surface area contributed by atoms with Crippen molar-refractivity contribution in [1.82, 2.24) is 19.6 Å². The second kappa shape index (κ2) is 8.70. The summed E-state index contributed by atoms with van der Waals surface area (Å²) in [5, 5.41) is 12.8. The third kappa shape index (κ3) is 4.00. The van der Waals surface area contributed by atoms with E-state index in [1.807, 2.05) is 6.92 Å². The van der Waals surface area contributed by atoms with E-state index >= 15 is 0 Å². The molecule has 3 aromatic rings. The van der Waals surface area contributed by atoms with Gasteiger partial charge in [0.15, 0.2) is 4.32 Å².